The maximum Gasteiger partial charge on any atom is 0.121 e. The fourth-order valence-electron chi connectivity index (χ4n) is 1.74. The van der Waals surface area contributed by atoms with Crippen molar-refractivity contribution in [2.75, 3.05) is 6.54 Å². The van der Waals surface area contributed by atoms with Gasteiger partial charge in [0.05, 0.1) is 6.04 Å². The van der Waals surface area contributed by atoms with Crippen LogP contribution in [0.1, 0.15) is 36.8 Å². The van der Waals surface area contributed by atoms with Gasteiger partial charge < -0.3 is 9.73 Å². The van der Waals surface area contributed by atoms with Crippen LogP contribution in [0.5, 0.6) is 0 Å². The van der Waals surface area contributed by atoms with E-state index in [4.69, 9.17) is 4.42 Å². The molecule has 0 aliphatic carbocycles. The van der Waals surface area contributed by atoms with E-state index < -0.39 is 0 Å². The van der Waals surface area contributed by atoms with Crippen LogP contribution < -0.4 is 5.32 Å². The molecule has 2 heterocycles. The minimum Gasteiger partial charge on any atom is -0.465 e. The van der Waals surface area contributed by atoms with Crippen LogP contribution in [0.2, 0.25) is 0 Å². The molecular weight excluding hydrogens is 150 g/mol. The minimum absolute atomic E-state index is 0.465. The third-order valence-electron chi connectivity index (χ3n) is 2.41. The molecule has 1 aliphatic rings. The van der Waals surface area contributed by atoms with Gasteiger partial charge >= 0.3 is 0 Å². The van der Waals surface area contributed by atoms with Crippen molar-refractivity contribution in [3.8, 4) is 0 Å². The van der Waals surface area contributed by atoms with Gasteiger partial charge in [-0.05, 0) is 38.4 Å². The molecule has 0 bridgehead atoms. The molecule has 1 unspecified atom stereocenters. The molecule has 0 saturated carbocycles. The van der Waals surface area contributed by atoms with Crippen LogP contribution in [-0.2, 0) is 0 Å². The normalized spacial score (nSPS) is 24.2. The molecule has 1 fully saturated rings. The molecule has 66 valence electrons. The van der Waals surface area contributed by atoms with Gasteiger partial charge in [-0.1, -0.05) is 6.42 Å². The summed E-state index contributed by atoms with van der Waals surface area (Å²) in [4.78, 5) is 0. The number of nitrogens with one attached hydrogen (secondary N) is 1. The van der Waals surface area contributed by atoms with Gasteiger partial charge in [0.1, 0.15) is 11.5 Å². The van der Waals surface area contributed by atoms with Gasteiger partial charge in [0.2, 0.25) is 0 Å². The van der Waals surface area contributed by atoms with Crippen molar-refractivity contribution >= 4 is 0 Å². The second-order valence-electron chi connectivity index (χ2n) is 3.45. The summed E-state index contributed by atoms with van der Waals surface area (Å²) in [6.45, 7) is 3.12. The fraction of sp³-hybridized carbons (Fsp3) is 0.600. The summed E-state index contributed by atoms with van der Waals surface area (Å²) in [6, 6.07) is 4.58. The lowest BCUT2D eigenvalue weighted by Crippen LogP contribution is -2.26. The van der Waals surface area contributed by atoms with Gasteiger partial charge in [-0.15, -0.1) is 0 Å². The van der Waals surface area contributed by atoms with Crippen LogP contribution in [-0.4, -0.2) is 6.54 Å². The van der Waals surface area contributed by atoms with E-state index in [9.17, 15) is 0 Å². The smallest absolute Gasteiger partial charge is 0.121 e. The zero-order valence-electron chi connectivity index (χ0n) is 7.47. The molecule has 2 heteroatoms. The first-order valence-corrected chi connectivity index (χ1v) is 4.66. The molecule has 12 heavy (non-hydrogen) atoms. The third kappa shape index (κ3) is 1.53. The van der Waals surface area contributed by atoms with Crippen molar-refractivity contribution in [1.29, 1.82) is 0 Å². The topological polar surface area (TPSA) is 25.2 Å². The van der Waals surface area contributed by atoms with Crippen molar-refractivity contribution in [2.45, 2.75) is 32.2 Å². The highest BCUT2D eigenvalue weighted by Gasteiger charge is 2.16. The molecule has 2 nitrogen and oxygen atoms in total. The Bertz CT molecular complexity index is 248. The maximum atomic E-state index is 5.56. The first kappa shape index (κ1) is 7.87. The summed E-state index contributed by atoms with van der Waals surface area (Å²) in [5, 5.41) is 3.45. The van der Waals surface area contributed by atoms with E-state index >= 15 is 0 Å². The number of furan rings is 1. The second kappa shape index (κ2) is 3.31. The Balaban J connectivity index is 2.08. The molecule has 0 spiro atoms. The van der Waals surface area contributed by atoms with Crippen molar-refractivity contribution in [3.05, 3.63) is 23.7 Å². The zero-order chi connectivity index (χ0) is 8.39. The largest absolute Gasteiger partial charge is 0.465 e. The van der Waals surface area contributed by atoms with Crippen molar-refractivity contribution in [3.63, 3.8) is 0 Å². The Labute approximate surface area is 73.0 Å². The van der Waals surface area contributed by atoms with Gasteiger partial charge in [0.25, 0.3) is 0 Å². The van der Waals surface area contributed by atoms with Crippen LogP contribution in [0.25, 0.3) is 0 Å². The number of hydrogen-bond donors (Lipinski definition) is 1. The van der Waals surface area contributed by atoms with Gasteiger partial charge in [0.15, 0.2) is 0 Å². The summed E-state index contributed by atoms with van der Waals surface area (Å²) in [5.74, 6) is 2.12. The van der Waals surface area contributed by atoms with Crippen molar-refractivity contribution < 1.29 is 4.42 Å². The molecule has 1 aromatic heterocycles. The molecule has 1 atom stereocenters. The first-order chi connectivity index (χ1) is 5.86. The number of piperidine rings is 1. The van der Waals surface area contributed by atoms with Crippen LogP contribution in [0.4, 0.5) is 0 Å². The lowest BCUT2D eigenvalue weighted by atomic mass is 10.0. The van der Waals surface area contributed by atoms with E-state index in [0.717, 1.165) is 18.1 Å². The Morgan fingerprint density at radius 1 is 1.42 bits per heavy atom. The number of rotatable bonds is 1. The highest BCUT2D eigenvalue weighted by molar-refractivity contribution is 5.10. The second-order valence-corrected chi connectivity index (χ2v) is 3.45. The van der Waals surface area contributed by atoms with Gasteiger partial charge in [-0.3, -0.25) is 0 Å². The SMILES string of the molecule is Cc1ccc(C2CCCCN2)o1. The molecule has 0 radical (unpaired) electrons. The molecule has 1 N–H and O–H groups in total. The van der Waals surface area contributed by atoms with Crippen molar-refractivity contribution in [1.82, 2.24) is 5.32 Å². The highest BCUT2D eigenvalue weighted by Crippen LogP contribution is 2.23. The Hall–Kier alpha value is -0.760. The molecule has 2 rings (SSSR count). The zero-order valence-corrected chi connectivity index (χ0v) is 7.47. The number of aryl methyl sites for hydroxylation is 1. The van der Waals surface area contributed by atoms with E-state index in [-0.39, 0.29) is 0 Å². The quantitative estimate of drug-likeness (QED) is 0.691. The first-order valence-electron chi connectivity index (χ1n) is 4.66. The maximum absolute atomic E-state index is 5.56. The average molecular weight is 165 g/mol. The molecule has 1 aliphatic heterocycles. The van der Waals surface area contributed by atoms with Gasteiger partial charge in [-0.2, -0.15) is 0 Å². The summed E-state index contributed by atoms with van der Waals surface area (Å²) >= 11 is 0. The standard InChI is InChI=1S/C10H15NO/c1-8-5-6-10(12-8)9-4-2-3-7-11-9/h5-6,9,11H,2-4,7H2,1H3. The predicted molar refractivity (Wildman–Crippen MR) is 48.0 cm³/mol. The van der Waals surface area contributed by atoms with Crippen molar-refractivity contribution in [2.24, 2.45) is 0 Å². The lowest BCUT2D eigenvalue weighted by Gasteiger charge is -2.21. The van der Waals surface area contributed by atoms with E-state index in [1.54, 1.807) is 0 Å². The number of hydrogen-bond acceptors (Lipinski definition) is 2. The van der Waals surface area contributed by atoms with E-state index in [0.29, 0.717) is 6.04 Å². The van der Waals surface area contributed by atoms with E-state index in [1.165, 1.54) is 19.3 Å². The molecule has 1 aromatic rings. The minimum atomic E-state index is 0.465. The monoisotopic (exact) mass is 165 g/mol. The Kier molecular flexibility index (Phi) is 2.17. The summed E-state index contributed by atoms with van der Waals surface area (Å²) in [7, 11) is 0. The van der Waals surface area contributed by atoms with Crippen LogP contribution in [0.3, 0.4) is 0 Å². The highest BCUT2D eigenvalue weighted by atomic mass is 16.3. The van der Waals surface area contributed by atoms with Crippen LogP contribution >= 0.6 is 0 Å². The van der Waals surface area contributed by atoms with Crippen LogP contribution in [0.15, 0.2) is 16.5 Å². The van der Waals surface area contributed by atoms with Crippen LogP contribution in [0, 0.1) is 6.92 Å². The summed E-state index contributed by atoms with van der Waals surface area (Å²) in [5.41, 5.74) is 0. The predicted octanol–water partition coefficient (Wildman–Crippen LogP) is 2.40. The lowest BCUT2D eigenvalue weighted by molar-refractivity contribution is 0.343. The fourth-order valence-corrected chi connectivity index (χ4v) is 1.74. The van der Waals surface area contributed by atoms with E-state index in [1.807, 2.05) is 13.0 Å². The molecule has 0 amide bonds. The summed E-state index contributed by atoms with van der Waals surface area (Å²) < 4.78 is 5.56. The Morgan fingerprint density at radius 3 is 2.92 bits per heavy atom. The summed E-state index contributed by atoms with van der Waals surface area (Å²) in [6.07, 6.45) is 3.83. The van der Waals surface area contributed by atoms with Gasteiger partial charge in [-0.25, -0.2) is 0 Å². The molecule has 0 aromatic carbocycles. The van der Waals surface area contributed by atoms with Gasteiger partial charge in [0, 0.05) is 0 Å². The average Bonchev–Trinajstić information content (AvgIpc) is 2.54. The van der Waals surface area contributed by atoms with E-state index in [2.05, 4.69) is 11.4 Å². The third-order valence-corrected chi connectivity index (χ3v) is 2.41. The molecular formula is C10H15NO. The molecule has 1 saturated heterocycles. The Morgan fingerprint density at radius 2 is 2.33 bits per heavy atom.